The Morgan fingerprint density at radius 2 is 1.82 bits per heavy atom. The van der Waals surface area contributed by atoms with E-state index in [9.17, 15) is 19.8 Å². The number of amides is 1. The molecule has 1 aliphatic rings. The molecule has 164 valence electrons. The van der Waals surface area contributed by atoms with Gasteiger partial charge in [0.25, 0.3) is 5.78 Å². The second-order valence-electron chi connectivity index (χ2n) is 7.92. The van der Waals surface area contributed by atoms with Crippen LogP contribution in [0, 0.1) is 13.8 Å². The SMILES string of the molecule is Cc1cc(C)c2nc(N3C(=O)C(=O)C(=C(O)c4ccncc4)C3c3cccc(O)c3)sc2c1. The molecular weight excluding hydrogens is 438 g/mol. The lowest BCUT2D eigenvalue weighted by atomic mass is 9.95. The summed E-state index contributed by atoms with van der Waals surface area (Å²) < 4.78 is 0.896. The lowest BCUT2D eigenvalue weighted by Gasteiger charge is -2.23. The number of fused-ring (bicyclic) bond motifs is 1. The Morgan fingerprint density at radius 1 is 1.06 bits per heavy atom. The third-order valence-corrected chi connectivity index (χ3v) is 6.61. The van der Waals surface area contributed by atoms with Crippen LogP contribution >= 0.6 is 11.3 Å². The molecule has 1 unspecified atom stereocenters. The molecule has 4 aromatic rings. The Kier molecular flexibility index (Phi) is 4.94. The predicted molar refractivity (Wildman–Crippen MR) is 126 cm³/mol. The molecule has 2 aromatic heterocycles. The Bertz CT molecular complexity index is 1460. The van der Waals surface area contributed by atoms with E-state index >= 15 is 0 Å². The van der Waals surface area contributed by atoms with Crippen molar-refractivity contribution >= 4 is 44.1 Å². The zero-order valence-electron chi connectivity index (χ0n) is 17.8. The van der Waals surface area contributed by atoms with Gasteiger partial charge in [-0.1, -0.05) is 29.5 Å². The summed E-state index contributed by atoms with van der Waals surface area (Å²) in [5.41, 5.74) is 3.57. The van der Waals surface area contributed by atoms with Crippen LogP contribution in [0.25, 0.3) is 16.0 Å². The highest BCUT2D eigenvalue weighted by Crippen LogP contribution is 2.45. The van der Waals surface area contributed by atoms with Crippen molar-refractivity contribution in [2.45, 2.75) is 19.9 Å². The monoisotopic (exact) mass is 457 g/mol. The Hall–Kier alpha value is -4.04. The maximum absolute atomic E-state index is 13.3. The summed E-state index contributed by atoms with van der Waals surface area (Å²) >= 11 is 1.31. The van der Waals surface area contributed by atoms with E-state index in [1.807, 2.05) is 26.0 Å². The van der Waals surface area contributed by atoms with Crippen LogP contribution in [0.2, 0.25) is 0 Å². The number of rotatable bonds is 3. The molecule has 1 fully saturated rings. The maximum Gasteiger partial charge on any atom is 0.301 e. The summed E-state index contributed by atoms with van der Waals surface area (Å²) in [7, 11) is 0. The second kappa shape index (κ2) is 7.83. The van der Waals surface area contributed by atoms with Crippen molar-refractivity contribution in [3.05, 3.63) is 88.8 Å². The van der Waals surface area contributed by atoms with Gasteiger partial charge >= 0.3 is 5.91 Å². The van der Waals surface area contributed by atoms with E-state index in [1.165, 1.54) is 40.8 Å². The number of ketones is 1. The molecule has 8 heteroatoms. The van der Waals surface area contributed by atoms with Gasteiger partial charge in [-0.2, -0.15) is 0 Å². The van der Waals surface area contributed by atoms with E-state index in [1.54, 1.807) is 24.3 Å². The average Bonchev–Trinajstić information content (AvgIpc) is 3.33. The van der Waals surface area contributed by atoms with E-state index in [2.05, 4.69) is 9.97 Å². The number of nitrogens with zero attached hydrogens (tertiary/aromatic N) is 3. The molecule has 0 bridgehead atoms. The Balaban J connectivity index is 1.76. The fourth-order valence-electron chi connectivity index (χ4n) is 4.17. The van der Waals surface area contributed by atoms with Gasteiger partial charge in [0.1, 0.15) is 11.5 Å². The molecule has 0 spiro atoms. The van der Waals surface area contributed by atoms with Gasteiger partial charge in [0.2, 0.25) is 0 Å². The Morgan fingerprint density at radius 3 is 2.55 bits per heavy atom. The van der Waals surface area contributed by atoms with Crippen molar-refractivity contribution in [2.75, 3.05) is 4.90 Å². The quantitative estimate of drug-likeness (QED) is 0.264. The summed E-state index contributed by atoms with van der Waals surface area (Å²) in [6, 6.07) is 12.5. The number of hydrogen-bond acceptors (Lipinski definition) is 7. The number of thiazole rings is 1. The molecule has 33 heavy (non-hydrogen) atoms. The van der Waals surface area contributed by atoms with Crippen molar-refractivity contribution < 1.29 is 19.8 Å². The number of phenols is 1. The number of benzene rings is 2. The molecule has 1 atom stereocenters. The zero-order chi connectivity index (χ0) is 23.3. The fraction of sp³-hybridized carbons (Fsp3) is 0.120. The van der Waals surface area contributed by atoms with Crippen molar-refractivity contribution in [2.24, 2.45) is 0 Å². The van der Waals surface area contributed by atoms with Gasteiger partial charge in [-0.3, -0.25) is 19.5 Å². The summed E-state index contributed by atoms with van der Waals surface area (Å²) in [5, 5.41) is 21.5. The predicted octanol–water partition coefficient (Wildman–Crippen LogP) is 4.64. The normalized spacial score (nSPS) is 17.8. The van der Waals surface area contributed by atoms with Crippen LogP contribution in [0.15, 0.2) is 66.5 Å². The molecule has 1 aliphatic heterocycles. The van der Waals surface area contributed by atoms with E-state index in [0.29, 0.717) is 16.3 Å². The molecule has 0 radical (unpaired) electrons. The number of aliphatic hydroxyl groups excluding tert-OH is 1. The van der Waals surface area contributed by atoms with Crippen LogP contribution in [0.4, 0.5) is 5.13 Å². The summed E-state index contributed by atoms with van der Waals surface area (Å²) in [6.45, 7) is 3.93. The Labute approximate surface area is 193 Å². The first-order valence-corrected chi connectivity index (χ1v) is 11.0. The standard InChI is InChI=1S/C25H19N3O4S/c1-13-10-14(2)20-18(11-13)33-25(27-20)28-21(16-4-3-5-17(29)12-16)19(23(31)24(28)32)22(30)15-6-8-26-9-7-15/h3-12,21,29-30H,1-2H3. The van der Waals surface area contributed by atoms with Crippen molar-refractivity contribution in [1.82, 2.24) is 9.97 Å². The van der Waals surface area contributed by atoms with Gasteiger partial charge in [-0.15, -0.1) is 0 Å². The molecule has 0 saturated carbocycles. The number of aryl methyl sites for hydroxylation is 2. The van der Waals surface area contributed by atoms with Crippen molar-refractivity contribution in [3.8, 4) is 5.75 Å². The molecule has 1 amide bonds. The molecular formula is C25H19N3O4S. The van der Waals surface area contributed by atoms with Gasteiger partial charge in [-0.05, 0) is 60.9 Å². The minimum atomic E-state index is -0.952. The van der Waals surface area contributed by atoms with Gasteiger partial charge in [-0.25, -0.2) is 4.98 Å². The summed E-state index contributed by atoms with van der Waals surface area (Å²) in [6.07, 6.45) is 2.99. The number of pyridine rings is 1. The first-order chi connectivity index (χ1) is 15.8. The largest absolute Gasteiger partial charge is 0.508 e. The van der Waals surface area contributed by atoms with Gasteiger partial charge in [0.15, 0.2) is 5.13 Å². The third-order valence-electron chi connectivity index (χ3n) is 5.61. The summed E-state index contributed by atoms with van der Waals surface area (Å²) in [4.78, 5) is 36.4. The second-order valence-corrected chi connectivity index (χ2v) is 8.93. The van der Waals surface area contributed by atoms with E-state index < -0.39 is 17.7 Å². The number of aliphatic hydroxyl groups is 1. The highest BCUT2D eigenvalue weighted by atomic mass is 32.1. The van der Waals surface area contributed by atoms with Crippen LogP contribution in [0.1, 0.15) is 28.3 Å². The molecule has 3 heterocycles. The number of phenolic OH excluding ortho intramolecular Hbond substituents is 1. The molecule has 2 N–H and O–H groups in total. The molecule has 7 nitrogen and oxygen atoms in total. The van der Waals surface area contributed by atoms with Gasteiger partial charge in [0, 0.05) is 18.0 Å². The number of aromatic hydroxyl groups is 1. The van der Waals surface area contributed by atoms with Crippen LogP contribution in [-0.4, -0.2) is 31.9 Å². The van der Waals surface area contributed by atoms with Crippen LogP contribution in [0.3, 0.4) is 0 Å². The van der Waals surface area contributed by atoms with Crippen LogP contribution in [0.5, 0.6) is 5.75 Å². The lowest BCUT2D eigenvalue weighted by Crippen LogP contribution is -2.29. The molecule has 0 aliphatic carbocycles. The fourth-order valence-corrected chi connectivity index (χ4v) is 5.34. The highest BCUT2D eigenvalue weighted by Gasteiger charge is 2.48. The first kappa shape index (κ1) is 20.8. The minimum Gasteiger partial charge on any atom is -0.508 e. The molecule has 5 rings (SSSR count). The topological polar surface area (TPSA) is 104 Å². The van der Waals surface area contributed by atoms with Crippen LogP contribution < -0.4 is 4.90 Å². The van der Waals surface area contributed by atoms with E-state index in [4.69, 9.17) is 0 Å². The first-order valence-electron chi connectivity index (χ1n) is 10.2. The van der Waals surface area contributed by atoms with E-state index in [0.717, 1.165) is 21.3 Å². The summed E-state index contributed by atoms with van der Waals surface area (Å²) in [5.74, 6) is -1.92. The van der Waals surface area contributed by atoms with Crippen molar-refractivity contribution in [3.63, 3.8) is 0 Å². The van der Waals surface area contributed by atoms with E-state index in [-0.39, 0.29) is 17.1 Å². The highest BCUT2D eigenvalue weighted by molar-refractivity contribution is 7.22. The number of carbonyl (C=O) groups is 2. The maximum atomic E-state index is 13.3. The lowest BCUT2D eigenvalue weighted by molar-refractivity contribution is -0.132. The minimum absolute atomic E-state index is 0.0160. The smallest absolute Gasteiger partial charge is 0.301 e. The molecule has 2 aromatic carbocycles. The zero-order valence-corrected chi connectivity index (χ0v) is 18.6. The third kappa shape index (κ3) is 3.44. The number of carbonyl (C=O) groups excluding carboxylic acids is 2. The molecule has 1 saturated heterocycles. The van der Waals surface area contributed by atoms with Gasteiger partial charge < -0.3 is 10.2 Å². The van der Waals surface area contributed by atoms with Crippen LogP contribution in [-0.2, 0) is 9.59 Å². The van der Waals surface area contributed by atoms with Crippen molar-refractivity contribution in [1.29, 1.82) is 0 Å². The number of aromatic nitrogens is 2. The number of Topliss-reactive ketones (excluding diaryl/α,β-unsaturated/α-hetero) is 1. The van der Waals surface area contributed by atoms with Gasteiger partial charge in [0.05, 0.1) is 21.8 Å². The number of anilines is 1. The average molecular weight is 458 g/mol. The number of hydrogen-bond donors (Lipinski definition) is 2.